The number of likely N-dealkylation sites (tertiary alicyclic amines) is 1. The van der Waals surface area contributed by atoms with Crippen LogP contribution in [0.2, 0.25) is 0 Å². The Kier molecular flexibility index (Phi) is 7.09. The molecule has 2 heterocycles. The number of nitrogens with one attached hydrogen (secondary N) is 1. The van der Waals surface area contributed by atoms with Crippen molar-refractivity contribution < 1.29 is 9.90 Å². The third kappa shape index (κ3) is 5.69. The molecule has 0 radical (unpaired) electrons. The Morgan fingerprint density at radius 1 is 1.39 bits per heavy atom. The van der Waals surface area contributed by atoms with E-state index in [1.54, 1.807) is 12.3 Å². The molecule has 2 rings (SSSR count). The second-order valence-electron chi connectivity index (χ2n) is 5.78. The molecule has 1 aromatic rings. The standard InChI is InChI=1S/C16H27N5O2/c1-2-6-20(11-12-22)16(23)18-15-13-17-21(14-15)10-9-19-7-4-3-5-8-19/h2,13-14,22H,1,3-12H2,(H,18,23). The van der Waals surface area contributed by atoms with Crippen molar-refractivity contribution in [1.82, 2.24) is 19.6 Å². The van der Waals surface area contributed by atoms with Crippen LogP contribution in [0.15, 0.2) is 25.0 Å². The molecular weight excluding hydrogens is 294 g/mol. The highest BCUT2D eigenvalue weighted by molar-refractivity contribution is 5.89. The number of anilines is 1. The highest BCUT2D eigenvalue weighted by Gasteiger charge is 2.13. The van der Waals surface area contributed by atoms with Gasteiger partial charge in [0.25, 0.3) is 0 Å². The summed E-state index contributed by atoms with van der Waals surface area (Å²) in [5.74, 6) is 0. The first-order valence-electron chi connectivity index (χ1n) is 8.25. The Morgan fingerprint density at radius 3 is 2.87 bits per heavy atom. The van der Waals surface area contributed by atoms with E-state index in [0.29, 0.717) is 12.2 Å². The first kappa shape index (κ1) is 17.5. The average Bonchev–Trinajstić information content (AvgIpc) is 3.01. The van der Waals surface area contributed by atoms with Gasteiger partial charge in [-0.3, -0.25) is 4.68 Å². The minimum absolute atomic E-state index is 0.0731. The third-order valence-corrected chi connectivity index (χ3v) is 3.99. The Balaban J connectivity index is 1.80. The van der Waals surface area contributed by atoms with Gasteiger partial charge in [-0.05, 0) is 25.9 Å². The number of urea groups is 1. The number of carbonyl (C=O) groups excluding carboxylic acids is 1. The fourth-order valence-corrected chi connectivity index (χ4v) is 2.73. The highest BCUT2D eigenvalue weighted by atomic mass is 16.3. The lowest BCUT2D eigenvalue weighted by Gasteiger charge is -2.26. The van der Waals surface area contributed by atoms with Gasteiger partial charge in [-0.25, -0.2) is 4.79 Å². The number of hydrogen-bond acceptors (Lipinski definition) is 4. The Hall–Kier alpha value is -1.86. The second kappa shape index (κ2) is 9.32. The van der Waals surface area contributed by atoms with Crippen LogP contribution in [0.1, 0.15) is 19.3 Å². The summed E-state index contributed by atoms with van der Waals surface area (Å²) in [6.45, 7) is 8.37. The van der Waals surface area contributed by atoms with Crippen molar-refractivity contribution in [1.29, 1.82) is 0 Å². The van der Waals surface area contributed by atoms with Gasteiger partial charge in [-0.1, -0.05) is 12.5 Å². The molecule has 0 atom stereocenters. The van der Waals surface area contributed by atoms with Crippen molar-refractivity contribution in [2.45, 2.75) is 25.8 Å². The molecule has 0 aliphatic carbocycles. The van der Waals surface area contributed by atoms with E-state index in [9.17, 15) is 4.79 Å². The van der Waals surface area contributed by atoms with Crippen LogP contribution in [0.25, 0.3) is 0 Å². The number of rotatable bonds is 8. The van der Waals surface area contributed by atoms with Crippen LogP contribution >= 0.6 is 0 Å². The van der Waals surface area contributed by atoms with E-state index in [-0.39, 0.29) is 19.2 Å². The number of aliphatic hydroxyl groups excluding tert-OH is 1. The van der Waals surface area contributed by atoms with Crippen molar-refractivity contribution in [3.05, 3.63) is 25.0 Å². The number of carbonyl (C=O) groups is 1. The van der Waals surface area contributed by atoms with Gasteiger partial charge in [-0.2, -0.15) is 5.10 Å². The summed E-state index contributed by atoms with van der Waals surface area (Å²) >= 11 is 0. The highest BCUT2D eigenvalue weighted by Crippen LogP contribution is 2.10. The summed E-state index contributed by atoms with van der Waals surface area (Å²) in [5, 5.41) is 16.1. The number of nitrogens with zero attached hydrogens (tertiary/aromatic N) is 4. The lowest BCUT2D eigenvalue weighted by Crippen LogP contribution is -2.37. The maximum Gasteiger partial charge on any atom is 0.322 e. The molecule has 0 aromatic carbocycles. The summed E-state index contributed by atoms with van der Waals surface area (Å²) in [4.78, 5) is 16.1. The summed E-state index contributed by atoms with van der Waals surface area (Å²) in [6.07, 6.45) is 9.03. The molecule has 0 saturated carbocycles. The number of piperidine rings is 1. The molecule has 1 saturated heterocycles. The molecule has 2 N–H and O–H groups in total. The molecule has 7 nitrogen and oxygen atoms in total. The van der Waals surface area contributed by atoms with Crippen molar-refractivity contribution in [2.75, 3.05) is 44.6 Å². The van der Waals surface area contributed by atoms with E-state index in [1.807, 2.05) is 10.9 Å². The normalized spacial score (nSPS) is 15.3. The van der Waals surface area contributed by atoms with Gasteiger partial charge >= 0.3 is 6.03 Å². The molecule has 1 aromatic heterocycles. The molecule has 23 heavy (non-hydrogen) atoms. The molecule has 1 fully saturated rings. The summed E-state index contributed by atoms with van der Waals surface area (Å²) in [6, 6.07) is -0.255. The Labute approximate surface area is 137 Å². The lowest BCUT2D eigenvalue weighted by atomic mass is 10.1. The molecule has 0 bridgehead atoms. The zero-order chi connectivity index (χ0) is 16.5. The van der Waals surface area contributed by atoms with Crippen LogP contribution in [0, 0.1) is 0 Å². The Bertz CT molecular complexity index is 496. The molecule has 128 valence electrons. The van der Waals surface area contributed by atoms with E-state index in [0.717, 1.165) is 13.1 Å². The van der Waals surface area contributed by atoms with Crippen molar-refractivity contribution >= 4 is 11.7 Å². The van der Waals surface area contributed by atoms with Crippen molar-refractivity contribution in [2.24, 2.45) is 0 Å². The van der Waals surface area contributed by atoms with Gasteiger partial charge < -0.3 is 20.2 Å². The van der Waals surface area contributed by atoms with E-state index in [1.165, 1.54) is 37.3 Å². The minimum atomic E-state index is -0.255. The molecule has 1 aliphatic heterocycles. The fraction of sp³-hybridized carbons (Fsp3) is 0.625. The van der Waals surface area contributed by atoms with E-state index in [4.69, 9.17) is 5.11 Å². The number of aliphatic hydroxyl groups is 1. The van der Waals surface area contributed by atoms with Crippen LogP contribution < -0.4 is 5.32 Å². The van der Waals surface area contributed by atoms with Crippen LogP contribution in [-0.4, -0.2) is 70.0 Å². The maximum absolute atomic E-state index is 12.1. The first-order valence-corrected chi connectivity index (χ1v) is 8.25. The quantitative estimate of drug-likeness (QED) is 0.710. The smallest absolute Gasteiger partial charge is 0.322 e. The monoisotopic (exact) mass is 321 g/mol. The van der Waals surface area contributed by atoms with Gasteiger partial charge in [0.15, 0.2) is 0 Å². The van der Waals surface area contributed by atoms with Gasteiger partial charge in [-0.15, -0.1) is 6.58 Å². The molecule has 0 spiro atoms. The van der Waals surface area contributed by atoms with Gasteiger partial charge in [0.2, 0.25) is 0 Å². The first-order chi connectivity index (χ1) is 11.2. The van der Waals surface area contributed by atoms with Crippen molar-refractivity contribution in [3.63, 3.8) is 0 Å². The fourth-order valence-electron chi connectivity index (χ4n) is 2.73. The van der Waals surface area contributed by atoms with Gasteiger partial charge in [0.05, 0.1) is 25.0 Å². The van der Waals surface area contributed by atoms with Crippen LogP contribution in [0.3, 0.4) is 0 Å². The average molecular weight is 321 g/mol. The summed E-state index contributed by atoms with van der Waals surface area (Å²) < 4.78 is 1.86. The lowest BCUT2D eigenvalue weighted by molar-refractivity contribution is 0.195. The zero-order valence-electron chi connectivity index (χ0n) is 13.7. The molecular formula is C16H27N5O2. The Morgan fingerprint density at radius 2 is 2.17 bits per heavy atom. The predicted octanol–water partition coefficient (Wildman–Crippen LogP) is 1.38. The SMILES string of the molecule is C=CCN(CCO)C(=O)Nc1cnn(CCN2CCCCC2)c1. The predicted molar refractivity (Wildman–Crippen MR) is 90.4 cm³/mol. The summed E-state index contributed by atoms with van der Waals surface area (Å²) in [7, 11) is 0. The largest absolute Gasteiger partial charge is 0.395 e. The van der Waals surface area contributed by atoms with E-state index < -0.39 is 0 Å². The van der Waals surface area contributed by atoms with Crippen LogP contribution in [-0.2, 0) is 6.54 Å². The van der Waals surface area contributed by atoms with Crippen LogP contribution in [0.4, 0.5) is 10.5 Å². The maximum atomic E-state index is 12.1. The minimum Gasteiger partial charge on any atom is -0.395 e. The number of aromatic nitrogens is 2. The third-order valence-electron chi connectivity index (χ3n) is 3.99. The number of hydrogen-bond donors (Lipinski definition) is 2. The molecule has 2 amide bonds. The zero-order valence-corrected chi connectivity index (χ0v) is 13.7. The van der Waals surface area contributed by atoms with Gasteiger partial charge in [0, 0.05) is 25.8 Å². The van der Waals surface area contributed by atoms with Crippen molar-refractivity contribution in [3.8, 4) is 0 Å². The van der Waals surface area contributed by atoms with Crippen LogP contribution in [0.5, 0.6) is 0 Å². The topological polar surface area (TPSA) is 73.6 Å². The number of amides is 2. The van der Waals surface area contributed by atoms with Gasteiger partial charge in [0.1, 0.15) is 0 Å². The molecule has 1 aliphatic rings. The molecule has 0 unspecified atom stereocenters. The summed E-state index contributed by atoms with van der Waals surface area (Å²) in [5.41, 5.74) is 0.667. The van der Waals surface area contributed by atoms with E-state index in [2.05, 4.69) is 21.9 Å². The molecule has 7 heteroatoms. The second-order valence-corrected chi connectivity index (χ2v) is 5.78. The van der Waals surface area contributed by atoms with E-state index >= 15 is 0 Å².